The van der Waals surface area contributed by atoms with Gasteiger partial charge in [-0.3, -0.25) is 38.9 Å². The lowest BCUT2D eigenvalue weighted by Gasteiger charge is -2.43. The van der Waals surface area contributed by atoms with E-state index < -0.39 is 12.1 Å². The summed E-state index contributed by atoms with van der Waals surface area (Å²) in [6.07, 6.45) is 9.01. The second-order valence-electron chi connectivity index (χ2n) is 15.8. The van der Waals surface area contributed by atoms with Crippen molar-refractivity contribution in [3.8, 4) is 0 Å². The molecule has 2 amide bonds. The summed E-state index contributed by atoms with van der Waals surface area (Å²) in [7, 11) is 0. The molecule has 1 saturated carbocycles. The standard InChI is InChI=1S/C42H50FN9O4/c1-26-34-24-45-42(48-39(34)52(31-8-3-4-9-31)41(56)38(26)27(2)53)46-36-12-10-32(23-44-36)51-20-18-50(19-21-51)30-14-16-49(17-15-30)25-35(43)29-7-5-6-28(22-29)33-11-13-37(54)47-40(33)55/h5-7,10,12,22-24,30-31,33,35H,3-4,8-9,11,13-21,25H2,1-2H3,(H,47,54,55)(H,44,45,46,48). The number of imide groups is 1. The Morgan fingerprint density at radius 2 is 1.70 bits per heavy atom. The summed E-state index contributed by atoms with van der Waals surface area (Å²) in [6.45, 7) is 8.91. The fourth-order valence-electron chi connectivity index (χ4n) is 9.20. The number of aryl methyl sites for hydroxylation is 1. The highest BCUT2D eigenvalue weighted by Crippen LogP contribution is 2.33. The van der Waals surface area contributed by atoms with Crippen LogP contribution in [-0.2, 0) is 9.59 Å². The number of nitrogens with zero attached hydrogens (tertiary/aromatic N) is 7. The fraction of sp³-hybridized carbons (Fsp3) is 0.500. The number of amides is 2. The summed E-state index contributed by atoms with van der Waals surface area (Å²) in [4.78, 5) is 71.1. The third-order valence-electron chi connectivity index (χ3n) is 12.3. The predicted molar refractivity (Wildman–Crippen MR) is 212 cm³/mol. The number of hydrogen-bond donors (Lipinski definition) is 2. The van der Waals surface area contributed by atoms with Crippen LogP contribution in [-0.4, -0.2) is 98.8 Å². The molecule has 294 valence electrons. The molecule has 8 rings (SSSR count). The van der Waals surface area contributed by atoms with E-state index in [1.165, 1.54) is 6.92 Å². The summed E-state index contributed by atoms with van der Waals surface area (Å²) in [5.41, 5.74) is 3.49. The summed E-state index contributed by atoms with van der Waals surface area (Å²) in [6, 6.07) is 11.7. The number of carbonyl (C=O) groups excluding carboxylic acids is 3. The number of likely N-dealkylation sites (tertiary alicyclic amines) is 1. The minimum atomic E-state index is -1.15. The Balaban J connectivity index is 0.833. The van der Waals surface area contributed by atoms with Gasteiger partial charge in [0.05, 0.1) is 23.4 Å². The number of alkyl halides is 1. The average molecular weight is 764 g/mol. The molecule has 3 aromatic heterocycles. The normalized spacial score (nSPS) is 21.1. The highest BCUT2D eigenvalue weighted by molar-refractivity contribution is 6.01. The molecular formula is C42H50FN9O4. The molecule has 2 unspecified atom stereocenters. The Labute approximate surface area is 325 Å². The maximum Gasteiger partial charge on any atom is 0.263 e. The van der Waals surface area contributed by atoms with Crippen LogP contribution in [0, 0.1) is 6.92 Å². The van der Waals surface area contributed by atoms with E-state index in [0.717, 1.165) is 89.0 Å². The number of pyridine rings is 2. The summed E-state index contributed by atoms with van der Waals surface area (Å²) < 4.78 is 17.3. The van der Waals surface area contributed by atoms with Crippen molar-refractivity contribution in [2.24, 2.45) is 0 Å². The molecule has 1 aliphatic carbocycles. The van der Waals surface area contributed by atoms with Crippen molar-refractivity contribution in [3.63, 3.8) is 0 Å². The van der Waals surface area contributed by atoms with Crippen molar-refractivity contribution in [2.75, 3.05) is 56.0 Å². The van der Waals surface area contributed by atoms with E-state index in [4.69, 9.17) is 4.98 Å². The van der Waals surface area contributed by atoms with Gasteiger partial charge in [0, 0.05) is 62.8 Å². The predicted octanol–water partition coefficient (Wildman–Crippen LogP) is 5.37. The van der Waals surface area contributed by atoms with Crippen LogP contribution in [0.3, 0.4) is 0 Å². The molecule has 56 heavy (non-hydrogen) atoms. The molecule has 3 aliphatic heterocycles. The Hall–Kier alpha value is -5.08. The van der Waals surface area contributed by atoms with E-state index in [1.807, 2.05) is 18.3 Å². The van der Waals surface area contributed by atoms with Crippen molar-refractivity contribution in [1.82, 2.24) is 34.6 Å². The van der Waals surface area contributed by atoms with Gasteiger partial charge in [0.1, 0.15) is 17.6 Å². The van der Waals surface area contributed by atoms with Gasteiger partial charge in [-0.15, -0.1) is 0 Å². The van der Waals surface area contributed by atoms with Gasteiger partial charge in [0.15, 0.2) is 5.78 Å². The van der Waals surface area contributed by atoms with Crippen molar-refractivity contribution in [3.05, 3.63) is 81.4 Å². The Morgan fingerprint density at radius 1 is 0.929 bits per heavy atom. The van der Waals surface area contributed by atoms with E-state index in [-0.39, 0.29) is 34.8 Å². The first-order valence-electron chi connectivity index (χ1n) is 20.1. The summed E-state index contributed by atoms with van der Waals surface area (Å²) in [5.74, 6) is -0.265. The average Bonchev–Trinajstić information content (AvgIpc) is 3.73. The minimum Gasteiger partial charge on any atom is -0.368 e. The van der Waals surface area contributed by atoms with Crippen LogP contribution in [0.5, 0.6) is 0 Å². The molecule has 0 radical (unpaired) electrons. The van der Waals surface area contributed by atoms with Gasteiger partial charge < -0.3 is 10.2 Å². The van der Waals surface area contributed by atoms with Gasteiger partial charge in [-0.1, -0.05) is 37.1 Å². The zero-order chi connectivity index (χ0) is 38.9. The monoisotopic (exact) mass is 763 g/mol. The second kappa shape index (κ2) is 16.2. The molecule has 2 atom stereocenters. The van der Waals surface area contributed by atoms with Gasteiger partial charge in [0.2, 0.25) is 17.8 Å². The van der Waals surface area contributed by atoms with Crippen LogP contribution in [0.2, 0.25) is 0 Å². The van der Waals surface area contributed by atoms with Gasteiger partial charge in [0.25, 0.3) is 5.56 Å². The molecule has 4 aromatic rings. The van der Waals surface area contributed by atoms with E-state index in [9.17, 15) is 19.2 Å². The van der Waals surface area contributed by atoms with Crippen LogP contribution in [0.1, 0.15) is 103 Å². The molecule has 3 saturated heterocycles. The van der Waals surface area contributed by atoms with Crippen LogP contribution in [0.15, 0.2) is 53.6 Å². The number of fused-ring (bicyclic) bond motifs is 1. The lowest BCUT2D eigenvalue weighted by atomic mass is 9.89. The molecule has 2 N–H and O–H groups in total. The van der Waals surface area contributed by atoms with Crippen molar-refractivity contribution >= 4 is 46.1 Å². The topological polar surface area (TPSA) is 146 Å². The third-order valence-corrected chi connectivity index (χ3v) is 12.3. The molecule has 6 heterocycles. The molecule has 0 bridgehead atoms. The van der Waals surface area contributed by atoms with Crippen LogP contribution in [0.25, 0.3) is 11.0 Å². The quantitative estimate of drug-likeness (QED) is 0.159. The zero-order valence-corrected chi connectivity index (χ0v) is 32.2. The van der Waals surface area contributed by atoms with Gasteiger partial charge in [-0.2, -0.15) is 4.98 Å². The number of hydrogen-bond acceptors (Lipinski definition) is 11. The highest BCUT2D eigenvalue weighted by Gasteiger charge is 2.31. The first kappa shape index (κ1) is 37.8. The third kappa shape index (κ3) is 7.81. The van der Waals surface area contributed by atoms with Crippen LogP contribution >= 0.6 is 0 Å². The molecule has 1 aromatic carbocycles. The van der Waals surface area contributed by atoms with Crippen molar-refractivity contribution < 1.29 is 18.8 Å². The molecule has 14 heteroatoms. The van der Waals surface area contributed by atoms with E-state index in [0.29, 0.717) is 59.4 Å². The number of nitrogens with one attached hydrogen (secondary N) is 2. The number of piperidine rings is 2. The number of halogens is 1. The molecule has 13 nitrogen and oxygen atoms in total. The Bertz CT molecular complexity index is 2170. The first-order chi connectivity index (χ1) is 27.1. The largest absolute Gasteiger partial charge is 0.368 e. The highest BCUT2D eigenvalue weighted by atomic mass is 19.1. The maximum atomic E-state index is 15.6. The minimum absolute atomic E-state index is 0.0107. The number of Topliss-reactive ketones (excluding diaryl/α,β-unsaturated/α-hetero) is 1. The first-order valence-corrected chi connectivity index (χ1v) is 20.1. The van der Waals surface area contributed by atoms with E-state index >= 15 is 4.39 Å². The maximum absolute atomic E-state index is 15.6. The number of ketones is 1. The molecule has 4 aliphatic rings. The van der Waals surface area contributed by atoms with Gasteiger partial charge in [-0.05, 0) is 87.9 Å². The number of carbonyl (C=O) groups is 3. The number of rotatable bonds is 10. The van der Waals surface area contributed by atoms with E-state index in [1.54, 1.807) is 35.9 Å². The zero-order valence-electron chi connectivity index (χ0n) is 32.2. The van der Waals surface area contributed by atoms with Gasteiger partial charge >= 0.3 is 0 Å². The van der Waals surface area contributed by atoms with Crippen LogP contribution in [0.4, 0.5) is 21.8 Å². The lowest BCUT2D eigenvalue weighted by Crippen LogP contribution is -2.53. The van der Waals surface area contributed by atoms with Gasteiger partial charge in [-0.25, -0.2) is 14.4 Å². The SMILES string of the molecule is CC(=O)c1c(C)c2cnc(Nc3ccc(N4CCN(C5CCN(CC(F)c6cccc(C7CCC(=O)NC7=O)c6)CC5)CC4)cn3)nc2n(C2CCCC2)c1=O. The summed E-state index contributed by atoms with van der Waals surface area (Å²) in [5, 5.41) is 6.33. The molecule has 0 spiro atoms. The van der Waals surface area contributed by atoms with Crippen molar-refractivity contribution in [1.29, 1.82) is 0 Å². The van der Waals surface area contributed by atoms with E-state index in [2.05, 4.69) is 41.4 Å². The number of aromatic nitrogens is 4. The number of piperazine rings is 1. The second-order valence-corrected chi connectivity index (χ2v) is 15.8. The van der Waals surface area contributed by atoms with Crippen LogP contribution < -0.4 is 21.1 Å². The number of anilines is 3. The smallest absolute Gasteiger partial charge is 0.263 e. The molecule has 4 fully saturated rings. The lowest BCUT2D eigenvalue weighted by molar-refractivity contribution is -0.134. The Kier molecular flexibility index (Phi) is 10.9. The summed E-state index contributed by atoms with van der Waals surface area (Å²) >= 11 is 0. The molecular weight excluding hydrogens is 714 g/mol. The fourth-order valence-corrected chi connectivity index (χ4v) is 9.20. The number of benzene rings is 1. The van der Waals surface area contributed by atoms with Crippen molar-refractivity contribution in [2.45, 2.75) is 89.4 Å². The Morgan fingerprint density at radius 3 is 2.39 bits per heavy atom.